The van der Waals surface area contributed by atoms with Gasteiger partial charge in [0.2, 0.25) is 15.9 Å². The Labute approximate surface area is 182 Å². The van der Waals surface area contributed by atoms with E-state index in [0.717, 1.165) is 18.6 Å². The maximum Gasteiger partial charge on any atom is 0.243 e. The molecule has 0 radical (unpaired) electrons. The molecular formula is C22H28N2O6S. The molecule has 1 aliphatic rings. The van der Waals surface area contributed by atoms with E-state index < -0.39 is 10.0 Å². The van der Waals surface area contributed by atoms with Crippen molar-refractivity contribution in [2.75, 3.05) is 31.6 Å². The van der Waals surface area contributed by atoms with Crippen molar-refractivity contribution in [1.82, 2.24) is 4.31 Å². The van der Waals surface area contributed by atoms with E-state index in [0.29, 0.717) is 38.5 Å². The number of nitrogens with one attached hydrogen (secondary N) is 1. The molecule has 1 fully saturated rings. The zero-order valence-corrected chi connectivity index (χ0v) is 18.4. The fraction of sp³-hybridized carbons (Fsp3) is 0.409. The summed E-state index contributed by atoms with van der Waals surface area (Å²) in [7, 11) is -3.63. The zero-order valence-electron chi connectivity index (χ0n) is 17.5. The largest absolute Gasteiger partial charge is 0.506 e. The van der Waals surface area contributed by atoms with Crippen LogP contribution in [0.3, 0.4) is 0 Å². The Morgan fingerprint density at radius 1 is 1.06 bits per heavy atom. The first kappa shape index (κ1) is 22.9. The molecule has 0 aromatic heterocycles. The molecule has 1 heterocycles. The number of nitrogens with zero attached hydrogens (tertiary/aromatic N) is 1. The Bertz CT molecular complexity index is 986. The second-order valence-corrected chi connectivity index (χ2v) is 9.13. The van der Waals surface area contributed by atoms with Gasteiger partial charge < -0.3 is 19.9 Å². The van der Waals surface area contributed by atoms with E-state index in [1.807, 2.05) is 19.1 Å². The molecule has 168 valence electrons. The number of carbonyl (C=O) groups excluding carboxylic acids is 1. The van der Waals surface area contributed by atoms with Gasteiger partial charge in [0.1, 0.15) is 17.2 Å². The molecule has 9 heteroatoms. The van der Waals surface area contributed by atoms with Gasteiger partial charge in [-0.25, -0.2) is 8.42 Å². The standard InChI is InChI=1S/C22H28N2O6S/c1-2-29-17-7-9-18(10-8-17)30-15-5-6-22(26)23-20-16-19(11-12-21(20)25)31(27,28)24-13-3-4-14-24/h7-12,16,25H,2-6,13-15H2,1H3,(H,23,26). The molecule has 2 N–H and O–H groups in total. The number of phenols is 1. The SMILES string of the molecule is CCOc1ccc(OCCCC(=O)Nc2cc(S(=O)(=O)N3CCCC3)ccc2O)cc1. The number of hydrogen-bond acceptors (Lipinski definition) is 6. The smallest absolute Gasteiger partial charge is 0.243 e. The monoisotopic (exact) mass is 448 g/mol. The number of amides is 1. The lowest BCUT2D eigenvalue weighted by Crippen LogP contribution is -2.28. The van der Waals surface area contributed by atoms with Crippen molar-refractivity contribution in [2.24, 2.45) is 0 Å². The first-order valence-corrected chi connectivity index (χ1v) is 11.8. The van der Waals surface area contributed by atoms with Gasteiger partial charge in [-0.1, -0.05) is 0 Å². The van der Waals surface area contributed by atoms with Gasteiger partial charge in [0.15, 0.2) is 0 Å². The van der Waals surface area contributed by atoms with Gasteiger partial charge in [0, 0.05) is 19.5 Å². The lowest BCUT2D eigenvalue weighted by molar-refractivity contribution is -0.116. The average Bonchev–Trinajstić information content (AvgIpc) is 3.30. The molecule has 2 aromatic rings. The van der Waals surface area contributed by atoms with E-state index in [-0.39, 0.29) is 28.7 Å². The molecule has 1 amide bonds. The minimum atomic E-state index is -3.63. The van der Waals surface area contributed by atoms with Crippen LogP contribution in [0.5, 0.6) is 17.2 Å². The van der Waals surface area contributed by atoms with Crippen LogP contribution in [0.2, 0.25) is 0 Å². The summed E-state index contributed by atoms with van der Waals surface area (Å²) < 4.78 is 37.8. The number of aromatic hydroxyl groups is 1. The van der Waals surface area contributed by atoms with Crippen molar-refractivity contribution in [1.29, 1.82) is 0 Å². The van der Waals surface area contributed by atoms with Gasteiger partial charge in [-0.15, -0.1) is 0 Å². The van der Waals surface area contributed by atoms with Crippen LogP contribution in [-0.2, 0) is 14.8 Å². The molecule has 0 aliphatic carbocycles. The fourth-order valence-electron chi connectivity index (χ4n) is 3.29. The molecule has 31 heavy (non-hydrogen) atoms. The lowest BCUT2D eigenvalue weighted by atomic mass is 10.2. The number of benzene rings is 2. The fourth-order valence-corrected chi connectivity index (χ4v) is 4.83. The third kappa shape index (κ3) is 6.11. The summed E-state index contributed by atoms with van der Waals surface area (Å²) in [4.78, 5) is 12.3. The van der Waals surface area contributed by atoms with E-state index >= 15 is 0 Å². The molecule has 0 saturated carbocycles. The summed E-state index contributed by atoms with van der Waals surface area (Å²) in [6.07, 6.45) is 2.30. The predicted octanol–water partition coefficient (Wildman–Crippen LogP) is 3.37. The van der Waals surface area contributed by atoms with E-state index in [1.165, 1.54) is 22.5 Å². The zero-order chi connectivity index (χ0) is 22.3. The van der Waals surface area contributed by atoms with Crippen molar-refractivity contribution in [3.63, 3.8) is 0 Å². The summed E-state index contributed by atoms with van der Waals surface area (Å²) in [5.41, 5.74) is 0.0812. The molecule has 2 aromatic carbocycles. The molecule has 3 rings (SSSR count). The highest BCUT2D eigenvalue weighted by atomic mass is 32.2. The summed E-state index contributed by atoms with van der Waals surface area (Å²) in [6, 6.07) is 11.2. The van der Waals surface area contributed by atoms with Gasteiger partial charge in [0.05, 0.1) is 23.8 Å². The summed E-state index contributed by atoms with van der Waals surface area (Å²) in [6.45, 7) is 3.82. The number of carbonyl (C=O) groups is 1. The first-order valence-electron chi connectivity index (χ1n) is 10.4. The van der Waals surface area contributed by atoms with Crippen LogP contribution in [0.15, 0.2) is 47.4 Å². The second kappa shape index (κ2) is 10.5. The van der Waals surface area contributed by atoms with Gasteiger partial charge in [-0.3, -0.25) is 4.79 Å². The third-order valence-corrected chi connectivity index (χ3v) is 6.79. The Morgan fingerprint density at radius 3 is 2.35 bits per heavy atom. The van der Waals surface area contributed by atoms with Crippen LogP contribution in [0.1, 0.15) is 32.6 Å². The maximum absolute atomic E-state index is 12.7. The summed E-state index contributed by atoms with van der Waals surface area (Å²) in [5, 5.41) is 12.6. The lowest BCUT2D eigenvalue weighted by Gasteiger charge is -2.16. The minimum absolute atomic E-state index is 0.0568. The molecule has 1 aliphatic heterocycles. The van der Waals surface area contributed by atoms with Crippen LogP contribution in [0, 0.1) is 0 Å². The molecule has 0 atom stereocenters. The Hall–Kier alpha value is -2.78. The van der Waals surface area contributed by atoms with Crippen LogP contribution in [-0.4, -0.2) is 50.0 Å². The van der Waals surface area contributed by atoms with Crippen LogP contribution in [0.25, 0.3) is 0 Å². The molecule has 1 saturated heterocycles. The quantitative estimate of drug-likeness (QED) is 0.426. The van der Waals surface area contributed by atoms with Crippen molar-refractivity contribution in [3.8, 4) is 17.2 Å². The van der Waals surface area contributed by atoms with Crippen LogP contribution >= 0.6 is 0 Å². The number of sulfonamides is 1. The highest BCUT2D eigenvalue weighted by Crippen LogP contribution is 2.29. The predicted molar refractivity (Wildman–Crippen MR) is 117 cm³/mol. The van der Waals surface area contributed by atoms with Crippen LogP contribution in [0.4, 0.5) is 5.69 Å². The average molecular weight is 449 g/mol. The van der Waals surface area contributed by atoms with Gasteiger partial charge in [-0.2, -0.15) is 4.31 Å². The highest BCUT2D eigenvalue weighted by Gasteiger charge is 2.27. The highest BCUT2D eigenvalue weighted by molar-refractivity contribution is 7.89. The van der Waals surface area contributed by atoms with E-state index in [9.17, 15) is 18.3 Å². The minimum Gasteiger partial charge on any atom is -0.506 e. The van der Waals surface area contributed by atoms with E-state index in [2.05, 4.69) is 5.32 Å². The van der Waals surface area contributed by atoms with E-state index in [4.69, 9.17) is 9.47 Å². The van der Waals surface area contributed by atoms with Crippen LogP contribution < -0.4 is 14.8 Å². The topological polar surface area (TPSA) is 105 Å². The molecule has 0 unspecified atom stereocenters. The second-order valence-electron chi connectivity index (χ2n) is 7.19. The molecule has 0 spiro atoms. The molecule has 8 nitrogen and oxygen atoms in total. The van der Waals surface area contributed by atoms with Crippen molar-refractivity contribution < 1.29 is 27.8 Å². The Balaban J connectivity index is 1.50. The van der Waals surface area contributed by atoms with E-state index in [1.54, 1.807) is 12.1 Å². The summed E-state index contributed by atoms with van der Waals surface area (Å²) in [5.74, 6) is 0.935. The number of phenolic OH excluding ortho intramolecular Hbond substituents is 1. The first-order chi connectivity index (χ1) is 14.9. The van der Waals surface area contributed by atoms with Crippen molar-refractivity contribution in [3.05, 3.63) is 42.5 Å². The van der Waals surface area contributed by atoms with Crippen molar-refractivity contribution in [2.45, 2.75) is 37.5 Å². The van der Waals surface area contributed by atoms with Gasteiger partial charge >= 0.3 is 0 Å². The number of ether oxygens (including phenoxy) is 2. The van der Waals surface area contributed by atoms with Gasteiger partial charge in [0.25, 0.3) is 0 Å². The summed E-state index contributed by atoms with van der Waals surface area (Å²) >= 11 is 0. The Kier molecular flexibility index (Phi) is 7.75. The number of hydrogen-bond donors (Lipinski definition) is 2. The number of anilines is 1. The normalized spacial score (nSPS) is 14.4. The maximum atomic E-state index is 12.7. The molecular weight excluding hydrogens is 420 g/mol. The van der Waals surface area contributed by atoms with Gasteiger partial charge in [-0.05, 0) is 68.7 Å². The Morgan fingerprint density at radius 2 is 1.71 bits per heavy atom. The third-order valence-electron chi connectivity index (χ3n) is 4.90. The number of rotatable bonds is 10. The molecule has 0 bridgehead atoms. The van der Waals surface area contributed by atoms with Crippen molar-refractivity contribution >= 4 is 21.6 Å².